The molecule has 1 spiro atoms. The molecule has 40 heavy (non-hydrogen) atoms. The normalized spacial score (nSPS) is 17.9. The van der Waals surface area contributed by atoms with Crippen molar-refractivity contribution in [1.29, 1.82) is 0 Å². The van der Waals surface area contributed by atoms with E-state index in [9.17, 15) is 14.4 Å². The summed E-state index contributed by atoms with van der Waals surface area (Å²) in [5.74, 6) is -0.228. The smallest absolute Gasteiger partial charge is 0.295 e. The van der Waals surface area contributed by atoms with Crippen molar-refractivity contribution in [1.82, 2.24) is 19.9 Å². The van der Waals surface area contributed by atoms with Crippen LogP contribution in [0.2, 0.25) is 0 Å². The molecule has 9 heteroatoms. The molecule has 3 amide bonds. The van der Waals surface area contributed by atoms with Crippen LogP contribution in [0.3, 0.4) is 0 Å². The predicted octanol–water partition coefficient (Wildman–Crippen LogP) is 4.71. The van der Waals surface area contributed by atoms with E-state index in [2.05, 4.69) is 26.8 Å². The highest BCUT2D eigenvalue weighted by atomic mass is 16.2. The van der Waals surface area contributed by atoms with Gasteiger partial charge in [-0.3, -0.25) is 24.5 Å². The Kier molecular flexibility index (Phi) is 6.51. The Bertz CT molecular complexity index is 1610. The summed E-state index contributed by atoms with van der Waals surface area (Å²) in [6, 6.07) is 22.1. The highest BCUT2D eigenvalue weighted by molar-refractivity contribution is 6.30. The maximum atomic E-state index is 14.2. The molecule has 9 nitrogen and oxygen atoms in total. The Labute approximate surface area is 232 Å². The van der Waals surface area contributed by atoms with E-state index in [0.717, 1.165) is 22.4 Å². The molecule has 0 bridgehead atoms. The molecule has 1 atom stereocenters. The molecule has 1 unspecified atom stereocenters. The number of hydrogen-bond acceptors (Lipinski definition) is 6. The number of likely N-dealkylation sites (tertiary alicyclic amines) is 1. The molecular formula is C31H30N6O3. The van der Waals surface area contributed by atoms with Crippen LogP contribution >= 0.6 is 0 Å². The van der Waals surface area contributed by atoms with Gasteiger partial charge < -0.3 is 0 Å². The molecule has 0 saturated carbocycles. The molecule has 6 rings (SSSR count). The van der Waals surface area contributed by atoms with Crippen LogP contribution in [0.25, 0.3) is 11.1 Å². The van der Waals surface area contributed by atoms with E-state index >= 15 is 0 Å². The number of benzene rings is 2. The van der Waals surface area contributed by atoms with Crippen molar-refractivity contribution in [2.45, 2.75) is 38.3 Å². The van der Waals surface area contributed by atoms with Gasteiger partial charge in [-0.05, 0) is 61.6 Å². The summed E-state index contributed by atoms with van der Waals surface area (Å²) >= 11 is 0. The zero-order valence-corrected chi connectivity index (χ0v) is 22.4. The first-order chi connectivity index (χ1) is 19.4. The lowest BCUT2D eigenvalue weighted by Crippen LogP contribution is -2.57. The molecule has 1 N–H and O–H groups in total. The average Bonchev–Trinajstić information content (AvgIpc) is 3.19. The number of piperidine rings is 1. The van der Waals surface area contributed by atoms with Crippen LogP contribution < -0.4 is 15.4 Å². The molecule has 2 aromatic carbocycles. The molecule has 2 aliphatic heterocycles. The van der Waals surface area contributed by atoms with E-state index in [1.54, 1.807) is 18.3 Å². The fourth-order valence-corrected chi connectivity index (χ4v) is 5.93. The second-order valence-electron chi connectivity index (χ2n) is 10.4. The molecule has 0 radical (unpaired) electrons. The fourth-order valence-electron chi connectivity index (χ4n) is 5.93. The standard InChI is InChI=1S/C31H30N6O3/c1-21-7-6-17-32-27(21)22(2)35-19-15-31(16-20-35)28(39)36(30(40)37(31)29-33-18-14-26(38)34-29)25-12-10-24(11-13-25)23-8-4-3-5-9-23/h3-14,17-18,22H,15-16,19-20H2,1-2H3,(H,33,34,38). The molecule has 4 heterocycles. The molecule has 2 fully saturated rings. The van der Waals surface area contributed by atoms with Crippen LogP contribution in [0.4, 0.5) is 16.4 Å². The van der Waals surface area contributed by atoms with Gasteiger partial charge in [-0.2, -0.15) is 0 Å². The summed E-state index contributed by atoms with van der Waals surface area (Å²) in [6.45, 7) is 5.31. The molecule has 2 aliphatic rings. The number of urea groups is 1. The number of imide groups is 1. The largest absolute Gasteiger partial charge is 0.339 e. The van der Waals surface area contributed by atoms with Gasteiger partial charge in [0.15, 0.2) is 0 Å². The van der Waals surface area contributed by atoms with Crippen molar-refractivity contribution in [3.63, 3.8) is 0 Å². The number of aryl methyl sites for hydroxylation is 1. The molecule has 4 aromatic rings. The van der Waals surface area contributed by atoms with Crippen molar-refractivity contribution >= 4 is 23.6 Å². The highest BCUT2D eigenvalue weighted by Gasteiger charge is 2.60. The second kappa shape index (κ2) is 10.2. The Balaban J connectivity index is 1.34. The Hall–Kier alpha value is -4.63. The number of nitrogens with zero attached hydrogens (tertiary/aromatic N) is 5. The molecule has 2 aromatic heterocycles. The van der Waals surface area contributed by atoms with Crippen molar-refractivity contribution in [2.75, 3.05) is 22.9 Å². The topological polar surface area (TPSA) is 102 Å². The van der Waals surface area contributed by atoms with Crippen LogP contribution in [0.15, 0.2) is 90.0 Å². The zero-order valence-electron chi connectivity index (χ0n) is 22.4. The van der Waals surface area contributed by atoms with Crippen LogP contribution in [-0.4, -0.2) is 50.4 Å². The van der Waals surface area contributed by atoms with E-state index in [0.29, 0.717) is 31.6 Å². The monoisotopic (exact) mass is 534 g/mol. The van der Waals surface area contributed by atoms with E-state index in [-0.39, 0.29) is 23.5 Å². The number of aromatic nitrogens is 3. The van der Waals surface area contributed by atoms with Gasteiger partial charge in [0.2, 0.25) is 5.95 Å². The number of nitrogens with one attached hydrogen (secondary N) is 1. The molecule has 0 aliphatic carbocycles. The van der Waals surface area contributed by atoms with Crippen LogP contribution in [0, 0.1) is 6.92 Å². The summed E-state index contributed by atoms with van der Waals surface area (Å²) in [6.07, 6.45) is 3.94. The summed E-state index contributed by atoms with van der Waals surface area (Å²) in [5, 5.41) is 0. The maximum absolute atomic E-state index is 14.2. The minimum absolute atomic E-state index is 0.0514. The van der Waals surface area contributed by atoms with E-state index in [1.165, 1.54) is 22.1 Å². The average molecular weight is 535 g/mol. The number of pyridine rings is 1. The van der Waals surface area contributed by atoms with Gasteiger partial charge in [-0.1, -0.05) is 48.5 Å². The Morgan fingerprint density at radius 1 is 0.825 bits per heavy atom. The van der Waals surface area contributed by atoms with Gasteiger partial charge in [0.1, 0.15) is 5.54 Å². The summed E-state index contributed by atoms with van der Waals surface area (Å²) in [5.41, 5.74) is 3.07. The number of rotatable bonds is 5. The first kappa shape index (κ1) is 25.6. The van der Waals surface area contributed by atoms with Gasteiger partial charge in [0.05, 0.1) is 11.4 Å². The lowest BCUT2D eigenvalue weighted by molar-refractivity contribution is -0.123. The van der Waals surface area contributed by atoms with Gasteiger partial charge in [0.25, 0.3) is 11.5 Å². The SMILES string of the molecule is Cc1cccnc1C(C)N1CCC2(CC1)C(=O)N(c1ccc(-c3ccccc3)cc1)C(=O)N2c1nccc(=O)[nH]1. The highest BCUT2D eigenvalue weighted by Crippen LogP contribution is 2.42. The van der Waals surface area contributed by atoms with Crippen molar-refractivity contribution in [2.24, 2.45) is 0 Å². The third kappa shape index (κ3) is 4.28. The Morgan fingerprint density at radius 3 is 2.20 bits per heavy atom. The number of anilines is 2. The van der Waals surface area contributed by atoms with Gasteiger partial charge in [-0.25, -0.2) is 19.6 Å². The van der Waals surface area contributed by atoms with Crippen LogP contribution in [-0.2, 0) is 4.79 Å². The second-order valence-corrected chi connectivity index (χ2v) is 10.4. The van der Waals surface area contributed by atoms with Crippen molar-refractivity contribution < 1.29 is 9.59 Å². The number of amides is 3. The first-order valence-corrected chi connectivity index (χ1v) is 13.4. The number of carbonyl (C=O) groups is 2. The van der Waals surface area contributed by atoms with Gasteiger partial charge in [-0.15, -0.1) is 0 Å². The minimum atomic E-state index is -1.16. The summed E-state index contributed by atoms with van der Waals surface area (Å²) < 4.78 is 0. The van der Waals surface area contributed by atoms with Gasteiger partial charge in [0, 0.05) is 37.6 Å². The van der Waals surface area contributed by atoms with Crippen molar-refractivity contribution in [3.8, 4) is 11.1 Å². The van der Waals surface area contributed by atoms with E-state index < -0.39 is 11.6 Å². The molecule has 2 saturated heterocycles. The van der Waals surface area contributed by atoms with Gasteiger partial charge >= 0.3 is 6.03 Å². The molecule has 202 valence electrons. The van der Waals surface area contributed by atoms with E-state index in [4.69, 9.17) is 0 Å². The lowest BCUT2D eigenvalue weighted by Gasteiger charge is -2.43. The number of H-pyrrole nitrogens is 1. The third-order valence-corrected chi connectivity index (χ3v) is 8.13. The Morgan fingerprint density at radius 2 is 1.52 bits per heavy atom. The third-order valence-electron chi connectivity index (χ3n) is 8.13. The number of aromatic amines is 1. The van der Waals surface area contributed by atoms with Crippen LogP contribution in [0.5, 0.6) is 0 Å². The fraction of sp³-hybridized carbons (Fsp3) is 0.258. The molecular weight excluding hydrogens is 504 g/mol. The summed E-state index contributed by atoms with van der Waals surface area (Å²) in [4.78, 5) is 56.9. The van der Waals surface area contributed by atoms with E-state index in [1.807, 2.05) is 61.5 Å². The minimum Gasteiger partial charge on any atom is -0.295 e. The number of hydrogen-bond donors (Lipinski definition) is 1. The lowest BCUT2D eigenvalue weighted by atomic mass is 9.85. The van der Waals surface area contributed by atoms with Crippen molar-refractivity contribution in [3.05, 3.63) is 107 Å². The first-order valence-electron chi connectivity index (χ1n) is 13.4. The maximum Gasteiger partial charge on any atom is 0.339 e. The number of carbonyl (C=O) groups excluding carboxylic acids is 2. The van der Waals surface area contributed by atoms with Crippen LogP contribution in [0.1, 0.15) is 37.1 Å². The quantitative estimate of drug-likeness (QED) is 0.372. The summed E-state index contributed by atoms with van der Waals surface area (Å²) in [7, 11) is 0. The predicted molar refractivity (Wildman–Crippen MR) is 153 cm³/mol. The zero-order chi connectivity index (χ0) is 27.9.